The van der Waals surface area contributed by atoms with Gasteiger partial charge in [-0.15, -0.1) is 0 Å². The summed E-state index contributed by atoms with van der Waals surface area (Å²) in [5.74, 6) is -0.978. The third-order valence-corrected chi connectivity index (χ3v) is 3.66. The zero-order valence-corrected chi connectivity index (χ0v) is 11.5. The Bertz CT molecular complexity index is 690. The number of carbonyl (C=O) groups is 1. The molecule has 1 aromatic heterocycles. The minimum absolute atomic E-state index is 0.105. The molecule has 0 amide bonds. The molecule has 102 valence electrons. The third kappa shape index (κ3) is 2.00. The summed E-state index contributed by atoms with van der Waals surface area (Å²) in [7, 11) is 0. The molecule has 5 nitrogen and oxygen atoms in total. The van der Waals surface area contributed by atoms with E-state index in [1.165, 1.54) is 11.8 Å². The van der Waals surface area contributed by atoms with E-state index in [4.69, 9.17) is 11.6 Å². The van der Waals surface area contributed by atoms with E-state index in [0.717, 1.165) is 12.1 Å². The largest absolute Gasteiger partial charge is 0.545 e. The Kier molecular flexibility index (Phi) is 3.06. The topological polar surface area (TPSA) is 69.2 Å². The molecule has 6 heteroatoms. The van der Waals surface area contributed by atoms with Crippen LogP contribution in [-0.4, -0.2) is 22.0 Å². The monoisotopic (exact) mass is 288 g/mol. The molecule has 3 rings (SSSR count). The lowest BCUT2D eigenvalue weighted by Crippen LogP contribution is -2.27. The quantitative estimate of drug-likeness (QED) is 0.785. The van der Waals surface area contributed by atoms with Crippen molar-refractivity contribution < 1.29 is 9.90 Å². The number of carboxylic acids is 1. The van der Waals surface area contributed by atoms with E-state index in [9.17, 15) is 9.90 Å². The van der Waals surface area contributed by atoms with Crippen molar-refractivity contribution >= 4 is 29.2 Å². The minimum atomic E-state index is -1.38. The molecule has 0 N–H and O–H groups in total. The van der Waals surface area contributed by atoms with E-state index in [-0.39, 0.29) is 16.8 Å². The van der Waals surface area contributed by atoms with Crippen molar-refractivity contribution in [1.82, 2.24) is 9.97 Å². The molecule has 0 radical (unpaired) electrons. The molecule has 1 aromatic carbocycles. The number of aromatic carboxylic acids is 1. The third-order valence-electron chi connectivity index (χ3n) is 3.37. The number of anilines is 2. The number of para-hydroxylation sites is 1. The second kappa shape index (κ2) is 4.76. The molecule has 1 unspecified atom stereocenters. The van der Waals surface area contributed by atoms with E-state index < -0.39 is 5.97 Å². The lowest BCUT2D eigenvalue weighted by Gasteiger charge is -2.23. The van der Waals surface area contributed by atoms with E-state index in [2.05, 4.69) is 23.0 Å². The Morgan fingerprint density at radius 3 is 2.90 bits per heavy atom. The predicted octanol–water partition coefficient (Wildman–Crippen LogP) is 1.58. The first-order valence-electron chi connectivity index (χ1n) is 6.19. The fourth-order valence-electron chi connectivity index (χ4n) is 2.48. The highest BCUT2D eigenvalue weighted by Crippen LogP contribution is 2.36. The number of nitrogens with zero attached hydrogens (tertiary/aromatic N) is 3. The number of aromatic nitrogens is 2. The lowest BCUT2D eigenvalue weighted by atomic mass is 10.1. The van der Waals surface area contributed by atoms with Crippen molar-refractivity contribution in [1.29, 1.82) is 0 Å². The molecule has 20 heavy (non-hydrogen) atoms. The smallest absolute Gasteiger partial charge is 0.231 e. The molecule has 1 aliphatic rings. The Labute approximate surface area is 120 Å². The average Bonchev–Trinajstić information content (AvgIpc) is 2.73. The zero-order valence-electron chi connectivity index (χ0n) is 10.7. The van der Waals surface area contributed by atoms with Gasteiger partial charge in [-0.2, -0.15) is 4.98 Å². The first-order chi connectivity index (χ1) is 9.58. The SMILES string of the molecule is CC1Cc2ccccc2N1c1ncc(C(=O)[O-])c(Cl)n1. The van der Waals surface area contributed by atoms with Crippen molar-refractivity contribution in [2.45, 2.75) is 19.4 Å². The molecule has 1 atom stereocenters. The van der Waals surface area contributed by atoms with E-state index in [1.54, 1.807) is 0 Å². The molecule has 0 bridgehead atoms. The van der Waals surface area contributed by atoms with Gasteiger partial charge in [0.05, 0.1) is 11.5 Å². The van der Waals surface area contributed by atoms with Gasteiger partial charge >= 0.3 is 0 Å². The van der Waals surface area contributed by atoms with Gasteiger partial charge in [-0.3, -0.25) is 0 Å². The first-order valence-corrected chi connectivity index (χ1v) is 6.56. The summed E-state index contributed by atoms with van der Waals surface area (Å²) in [6.07, 6.45) is 2.08. The Hall–Kier alpha value is -2.14. The van der Waals surface area contributed by atoms with Gasteiger partial charge in [0.25, 0.3) is 0 Å². The Morgan fingerprint density at radius 2 is 2.20 bits per heavy atom. The number of fused-ring (bicyclic) bond motifs is 1. The Morgan fingerprint density at radius 1 is 1.45 bits per heavy atom. The second-order valence-electron chi connectivity index (χ2n) is 4.71. The van der Waals surface area contributed by atoms with Gasteiger partial charge in [0.1, 0.15) is 5.15 Å². The second-order valence-corrected chi connectivity index (χ2v) is 5.07. The van der Waals surface area contributed by atoms with Crippen molar-refractivity contribution in [3.63, 3.8) is 0 Å². The highest BCUT2D eigenvalue weighted by atomic mass is 35.5. The highest BCUT2D eigenvalue weighted by molar-refractivity contribution is 6.32. The summed E-state index contributed by atoms with van der Waals surface area (Å²) in [6.45, 7) is 2.06. The van der Waals surface area contributed by atoms with Crippen molar-refractivity contribution in [2.75, 3.05) is 4.90 Å². The molecular formula is C14H11ClN3O2-. The van der Waals surface area contributed by atoms with Crippen molar-refractivity contribution in [3.8, 4) is 0 Å². The minimum Gasteiger partial charge on any atom is -0.545 e. The van der Waals surface area contributed by atoms with Crippen LogP contribution in [0.5, 0.6) is 0 Å². The summed E-state index contributed by atoms with van der Waals surface area (Å²) in [5.41, 5.74) is 2.04. The zero-order chi connectivity index (χ0) is 14.3. The molecular weight excluding hydrogens is 278 g/mol. The number of carboxylic acid groups (broad SMARTS) is 1. The average molecular weight is 289 g/mol. The number of benzene rings is 1. The maximum atomic E-state index is 10.8. The highest BCUT2D eigenvalue weighted by Gasteiger charge is 2.28. The van der Waals surface area contributed by atoms with Crippen molar-refractivity contribution in [2.24, 2.45) is 0 Å². The van der Waals surface area contributed by atoms with Gasteiger partial charge in [-0.25, -0.2) is 4.98 Å². The van der Waals surface area contributed by atoms with Gasteiger partial charge in [0.2, 0.25) is 5.95 Å². The van der Waals surface area contributed by atoms with E-state index >= 15 is 0 Å². The molecule has 2 heterocycles. The van der Waals surface area contributed by atoms with Crippen LogP contribution in [0, 0.1) is 0 Å². The summed E-state index contributed by atoms with van der Waals surface area (Å²) in [6, 6.07) is 8.17. The Balaban J connectivity index is 2.06. The molecule has 0 saturated heterocycles. The first kappa shape index (κ1) is 12.9. The molecule has 0 aliphatic carbocycles. The van der Waals surface area contributed by atoms with Crippen LogP contribution in [0.15, 0.2) is 30.5 Å². The fourth-order valence-corrected chi connectivity index (χ4v) is 2.68. The van der Waals surface area contributed by atoms with Gasteiger partial charge in [-0.05, 0) is 25.0 Å². The number of rotatable bonds is 2. The van der Waals surface area contributed by atoms with Gasteiger partial charge in [0.15, 0.2) is 0 Å². The number of hydrogen-bond acceptors (Lipinski definition) is 5. The van der Waals surface area contributed by atoms with Crippen molar-refractivity contribution in [3.05, 3.63) is 46.7 Å². The maximum absolute atomic E-state index is 10.8. The van der Waals surface area contributed by atoms with Crippen LogP contribution < -0.4 is 10.0 Å². The number of carbonyl (C=O) groups excluding carboxylic acids is 1. The fraction of sp³-hybridized carbons (Fsp3) is 0.214. The van der Waals surface area contributed by atoms with Crippen LogP contribution in [0.3, 0.4) is 0 Å². The standard InChI is InChI=1S/C14H12ClN3O2/c1-8-6-9-4-2-3-5-11(9)18(8)14-16-7-10(13(19)20)12(15)17-14/h2-5,7-8H,6H2,1H3,(H,19,20)/p-1. The molecule has 0 spiro atoms. The summed E-state index contributed by atoms with van der Waals surface area (Å²) in [5, 5.41) is 10.7. The van der Waals surface area contributed by atoms with Crippen LogP contribution in [0.2, 0.25) is 5.15 Å². The van der Waals surface area contributed by atoms with Crippen LogP contribution >= 0.6 is 11.6 Å². The van der Waals surface area contributed by atoms with Gasteiger partial charge in [-0.1, -0.05) is 29.8 Å². The predicted molar refractivity (Wildman–Crippen MR) is 73.1 cm³/mol. The molecule has 1 aliphatic heterocycles. The lowest BCUT2D eigenvalue weighted by molar-refractivity contribution is -0.255. The number of halogens is 1. The van der Waals surface area contributed by atoms with Crippen LogP contribution in [-0.2, 0) is 6.42 Å². The number of hydrogen-bond donors (Lipinski definition) is 0. The normalized spacial score (nSPS) is 17.1. The van der Waals surface area contributed by atoms with Gasteiger partial charge < -0.3 is 14.8 Å². The summed E-state index contributed by atoms with van der Waals surface area (Å²) >= 11 is 5.88. The van der Waals surface area contributed by atoms with Crippen LogP contribution in [0.25, 0.3) is 0 Å². The van der Waals surface area contributed by atoms with Crippen LogP contribution in [0.4, 0.5) is 11.6 Å². The molecule has 2 aromatic rings. The van der Waals surface area contributed by atoms with Gasteiger partial charge in [0, 0.05) is 17.9 Å². The molecule has 0 fully saturated rings. The molecule has 0 saturated carbocycles. The van der Waals surface area contributed by atoms with Crippen LogP contribution in [0.1, 0.15) is 22.8 Å². The summed E-state index contributed by atoms with van der Waals surface area (Å²) < 4.78 is 0. The van der Waals surface area contributed by atoms with E-state index in [1.807, 2.05) is 23.1 Å². The van der Waals surface area contributed by atoms with E-state index in [0.29, 0.717) is 5.95 Å². The summed E-state index contributed by atoms with van der Waals surface area (Å²) in [4.78, 5) is 21.0. The maximum Gasteiger partial charge on any atom is 0.231 e.